The van der Waals surface area contributed by atoms with E-state index >= 15 is 0 Å². The summed E-state index contributed by atoms with van der Waals surface area (Å²) in [7, 11) is 0. The summed E-state index contributed by atoms with van der Waals surface area (Å²) in [5.41, 5.74) is 3.80. The Labute approximate surface area is 139 Å². The predicted molar refractivity (Wildman–Crippen MR) is 89.7 cm³/mol. The van der Waals surface area contributed by atoms with Crippen molar-refractivity contribution < 1.29 is 9.53 Å². The fourth-order valence-corrected chi connectivity index (χ4v) is 3.08. The third-order valence-electron chi connectivity index (χ3n) is 4.25. The molecule has 0 fully saturated rings. The lowest BCUT2D eigenvalue weighted by molar-refractivity contribution is 0.0553. The summed E-state index contributed by atoms with van der Waals surface area (Å²) >= 11 is 0. The van der Waals surface area contributed by atoms with E-state index in [1.54, 1.807) is 24.5 Å². The highest BCUT2D eigenvalue weighted by Gasteiger charge is 2.24. The van der Waals surface area contributed by atoms with Gasteiger partial charge in [0.25, 0.3) is 5.91 Å². The minimum Gasteiger partial charge on any atom is -0.371 e. The lowest BCUT2D eigenvalue weighted by Gasteiger charge is -2.26. The SMILES string of the molecule is Cc1ccc2nc3n(c2c1)[C@@H](CNC(=O)c1cccnc1)COC3. The van der Waals surface area contributed by atoms with Crippen LogP contribution in [0.5, 0.6) is 0 Å². The number of aryl methyl sites for hydroxylation is 1. The van der Waals surface area contributed by atoms with Crippen LogP contribution in [0.3, 0.4) is 0 Å². The molecule has 24 heavy (non-hydrogen) atoms. The number of amides is 1. The number of nitrogens with one attached hydrogen (secondary N) is 1. The molecule has 6 heteroatoms. The van der Waals surface area contributed by atoms with Crippen LogP contribution in [0.15, 0.2) is 42.7 Å². The molecule has 1 aromatic carbocycles. The third kappa shape index (κ3) is 2.65. The first kappa shape index (κ1) is 14.8. The molecule has 0 unspecified atom stereocenters. The first-order valence-corrected chi connectivity index (χ1v) is 7.96. The fraction of sp³-hybridized carbons (Fsp3) is 0.278. The number of hydrogen-bond donors (Lipinski definition) is 1. The van der Waals surface area contributed by atoms with Gasteiger partial charge in [0.2, 0.25) is 0 Å². The maximum Gasteiger partial charge on any atom is 0.252 e. The molecule has 1 atom stereocenters. The minimum absolute atomic E-state index is 0.0289. The van der Waals surface area contributed by atoms with Crippen LogP contribution < -0.4 is 5.32 Å². The fourth-order valence-electron chi connectivity index (χ4n) is 3.08. The number of fused-ring (bicyclic) bond motifs is 3. The number of pyridine rings is 1. The summed E-state index contributed by atoms with van der Waals surface area (Å²) in [6.07, 6.45) is 3.21. The van der Waals surface area contributed by atoms with Crippen LogP contribution in [-0.4, -0.2) is 33.6 Å². The third-order valence-corrected chi connectivity index (χ3v) is 4.25. The van der Waals surface area contributed by atoms with E-state index in [-0.39, 0.29) is 11.9 Å². The average molecular weight is 322 g/mol. The number of hydrogen-bond acceptors (Lipinski definition) is 4. The molecule has 0 aliphatic carbocycles. The summed E-state index contributed by atoms with van der Waals surface area (Å²) in [5.74, 6) is 0.776. The molecule has 1 amide bonds. The molecular formula is C18H18N4O2. The molecule has 0 saturated carbocycles. The quantitative estimate of drug-likeness (QED) is 0.803. The zero-order chi connectivity index (χ0) is 16.5. The van der Waals surface area contributed by atoms with Crippen molar-refractivity contribution >= 4 is 16.9 Å². The van der Waals surface area contributed by atoms with Crippen molar-refractivity contribution in [3.63, 3.8) is 0 Å². The molecule has 3 aromatic rings. The van der Waals surface area contributed by atoms with Crippen molar-refractivity contribution in [2.75, 3.05) is 13.2 Å². The highest BCUT2D eigenvalue weighted by Crippen LogP contribution is 2.26. The van der Waals surface area contributed by atoms with Gasteiger partial charge in [0.05, 0.1) is 29.2 Å². The Kier molecular flexibility index (Phi) is 3.74. The van der Waals surface area contributed by atoms with Gasteiger partial charge in [-0.25, -0.2) is 4.98 Å². The van der Waals surface area contributed by atoms with Crippen molar-refractivity contribution in [3.8, 4) is 0 Å². The highest BCUT2D eigenvalue weighted by atomic mass is 16.5. The second-order valence-electron chi connectivity index (χ2n) is 6.01. The minimum atomic E-state index is -0.129. The number of nitrogens with zero attached hydrogens (tertiary/aromatic N) is 3. The van der Waals surface area contributed by atoms with Crippen LogP contribution >= 0.6 is 0 Å². The molecule has 0 radical (unpaired) electrons. The maximum atomic E-state index is 12.2. The molecule has 6 nitrogen and oxygen atoms in total. The van der Waals surface area contributed by atoms with Crippen LogP contribution in [0, 0.1) is 6.92 Å². The topological polar surface area (TPSA) is 69.0 Å². The summed E-state index contributed by atoms with van der Waals surface area (Å²) in [6.45, 7) is 3.61. The van der Waals surface area contributed by atoms with Gasteiger partial charge in [-0.2, -0.15) is 0 Å². The Morgan fingerprint density at radius 3 is 3.17 bits per heavy atom. The Bertz CT molecular complexity index is 889. The average Bonchev–Trinajstić information content (AvgIpc) is 2.99. The summed E-state index contributed by atoms with van der Waals surface area (Å²) in [5, 5.41) is 2.97. The maximum absolute atomic E-state index is 12.2. The second kappa shape index (κ2) is 6.05. The Hall–Kier alpha value is -2.73. The normalized spacial score (nSPS) is 16.8. The van der Waals surface area contributed by atoms with E-state index in [0.29, 0.717) is 25.3 Å². The molecule has 1 aliphatic rings. The van der Waals surface area contributed by atoms with Crippen LogP contribution in [0.25, 0.3) is 11.0 Å². The molecule has 4 rings (SSSR count). The van der Waals surface area contributed by atoms with Gasteiger partial charge in [-0.3, -0.25) is 9.78 Å². The van der Waals surface area contributed by atoms with Gasteiger partial charge in [-0.05, 0) is 36.8 Å². The van der Waals surface area contributed by atoms with Gasteiger partial charge in [0, 0.05) is 18.9 Å². The summed E-state index contributed by atoms with van der Waals surface area (Å²) < 4.78 is 7.85. The van der Waals surface area contributed by atoms with Gasteiger partial charge in [0.1, 0.15) is 12.4 Å². The Morgan fingerprint density at radius 1 is 1.42 bits per heavy atom. The predicted octanol–water partition coefficient (Wildman–Crippen LogP) is 2.24. The highest BCUT2D eigenvalue weighted by molar-refractivity contribution is 5.93. The van der Waals surface area contributed by atoms with E-state index in [1.165, 1.54) is 5.56 Å². The van der Waals surface area contributed by atoms with Crippen molar-refractivity contribution in [2.45, 2.75) is 19.6 Å². The first-order chi connectivity index (χ1) is 11.7. The van der Waals surface area contributed by atoms with E-state index in [1.807, 2.05) is 6.07 Å². The molecule has 0 saturated heterocycles. The van der Waals surface area contributed by atoms with E-state index in [2.05, 4.69) is 38.9 Å². The second-order valence-corrected chi connectivity index (χ2v) is 6.01. The number of carbonyl (C=O) groups excluding carboxylic acids is 1. The molecule has 122 valence electrons. The number of rotatable bonds is 3. The largest absolute Gasteiger partial charge is 0.371 e. The monoisotopic (exact) mass is 322 g/mol. The number of ether oxygens (including phenoxy) is 1. The number of carbonyl (C=O) groups is 1. The molecule has 1 aliphatic heterocycles. The summed E-state index contributed by atoms with van der Waals surface area (Å²) in [4.78, 5) is 20.9. The Morgan fingerprint density at radius 2 is 2.33 bits per heavy atom. The van der Waals surface area contributed by atoms with Gasteiger partial charge >= 0.3 is 0 Å². The van der Waals surface area contributed by atoms with Gasteiger partial charge in [0.15, 0.2) is 0 Å². The smallest absolute Gasteiger partial charge is 0.252 e. The first-order valence-electron chi connectivity index (χ1n) is 7.96. The van der Waals surface area contributed by atoms with E-state index in [0.717, 1.165) is 16.9 Å². The zero-order valence-electron chi connectivity index (χ0n) is 13.4. The van der Waals surface area contributed by atoms with Crippen molar-refractivity contribution in [1.82, 2.24) is 19.9 Å². The standard InChI is InChI=1S/C18H18N4O2/c1-12-4-5-15-16(7-12)22-14(10-24-11-17(22)21-15)9-20-18(23)13-3-2-6-19-8-13/h2-8,14H,9-11H2,1H3,(H,20,23)/t14-/m0/s1. The van der Waals surface area contributed by atoms with Gasteiger partial charge in [-0.15, -0.1) is 0 Å². The number of imidazole rings is 1. The Balaban J connectivity index is 1.59. The number of aromatic nitrogens is 3. The molecule has 0 spiro atoms. The van der Waals surface area contributed by atoms with Crippen LogP contribution in [0.2, 0.25) is 0 Å². The molecule has 2 aromatic heterocycles. The molecule has 3 heterocycles. The van der Waals surface area contributed by atoms with Crippen molar-refractivity contribution in [1.29, 1.82) is 0 Å². The lowest BCUT2D eigenvalue weighted by Crippen LogP contribution is -2.35. The molecular weight excluding hydrogens is 304 g/mol. The molecule has 0 bridgehead atoms. The van der Waals surface area contributed by atoms with Crippen molar-refractivity contribution in [3.05, 3.63) is 59.7 Å². The van der Waals surface area contributed by atoms with Gasteiger partial charge < -0.3 is 14.6 Å². The zero-order valence-corrected chi connectivity index (χ0v) is 13.4. The summed E-state index contributed by atoms with van der Waals surface area (Å²) in [6, 6.07) is 9.75. The van der Waals surface area contributed by atoms with Crippen LogP contribution in [-0.2, 0) is 11.3 Å². The lowest BCUT2D eigenvalue weighted by atomic mass is 10.2. The van der Waals surface area contributed by atoms with Crippen LogP contribution in [0.4, 0.5) is 0 Å². The van der Waals surface area contributed by atoms with E-state index in [4.69, 9.17) is 4.74 Å². The van der Waals surface area contributed by atoms with E-state index in [9.17, 15) is 4.79 Å². The molecule has 1 N–H and O–H groups in total. The number of benzene rings is 1. The van der Waals surface area contributed by atoms with Crippen molar-refractivity contribution in [2.24, 2.45) is 0 Å². The van der Waals surface area contributed by atoms with E-state index < -0.39 is 0 Å². The van der Waals surface area contributed by atoms with Gasteiger partial charge in [-0.1, -0.05) is 6.07 Å². The van der Waals surface area contributed by atoms with Crippen LogP contribution in [0.1, 0.15) is 27.8 Å².